The first-order valence-electron chi connectivity index (χ1n) is 18.9. The van der Waals surface area contributed by atoms with Gasteiger partial charge in [-0.2, -0.15) is 5.06 Å². The van der Waals surface area contributed by atoms with Crippen LogP contribution in [0.3, 0.4) is 0 Å². The summed E-state index contributed by atoms with van der Waals surface area (Å²) in [5.41, 5.74) is 13.0. The van der Waals surface area contributed by atoms with Gasteiger partial charge in [0.25, 0.3) is 0 Å². The highest BCUT2D eigenvalue weighted by Crippen LogP contribution is 2.61. The summed E-state index contributed by atoms with van der Waals surface area (Å²) in [5, 5.41) is 16.1. The molecule has 2 heterocycles. The van der Waals surface area contributed by atoms with Crippen LogP contribution in [0.25, 0.3) is 11.1 Å². The Morgan fingerprint density at radius 3 is 2.57 bits per heavy atom. The zero-order chi connectivity index (χ0) is 36.4. The summed E-state index contributed by atoms with van der Waals surface area (Å²) >= 11 is 0. The predicted octanol–water partition coefficient (Wildman–Crippen LogP) is 6.02. The molecule has 1 amide bonds. The monoisotopic (exact) mass is 697 g/mol. The molecule has 276 valence electrons. The minimum absolute atomic E-state index is 0.103. The standard InChI is InChI=1S/C42H59N5O4/c1-26-35-22-31(42(35,3)4)23-36(26)45-41(49)39-38(27(2)48)37(24-43)51-47(39)25-29-14-12-17-34(40(29)50-7)30-19-28(20-33(21-30)46(5)6)13-8-9-15-32-16-10-11-18-44-32/h10-12,14,16-21,26-27,31,35-39,48H,8-9,13,15,22-25,43H2,1-7H3,(H,45,49)/t26-,27-,31+,35-,36-,37-,38+,39-/m0/s1. The SMILES string of the molecule is COc1c(CN2O[C@@H](CN)[C@@H]([C@H](C)O)[C@H]2C(=O)N[C@H]2C[C@H]3C[C@@H]([C@@H]2C)C3(C)C)cccc1-c1cc(CCCCc2ccccn2)cc(N(C)C)c1. The van der Waals surface area contributed by atoms with Crippen LogP contribution in [-0.4, -0.2) is 73.1 Å². The van der Waals surface area contributed by atoms with E-state index >= 15 is 0 Å². The number of hydrogen-bond donors (Lipinski definition) is 3. The van der Waals surface area contributed by atoms with Gasteiger partial charge in [-0.1, -0.05) is 51.1 Å². The predicted molar refractivity (Wildman–Crippen MR) is 203 cm³/mol. The number of anilines is 1. The number of benzene rings is 2. The second kappa shape index (κ2) is 15.6. The first-order valence-corrected chi connectivity index (χ1v) is 18.9. The number of aliphatic hydroxyl groups is 1. The van der Waals surface area contributed by atoms with Gasteiger partial charge in [-0.25, -0.2) is 0 Å². The van der Waals surface area contributed by atoms with Crippen molar-refractivity contribution in [1.29, 1.82) is 0 Å². The summed E-state index contributed by atoms with van der Waals surface area (Å²) in [4.78, 5) is 27.3. The maximum atomic E-state index is 14.3. The number of hydrogen-bond acceptors (Lipinski definition) is 8. The topological polar surface area (TPSA) is 113 Å². The Bertz CT molecular complexity index is 1650. The van der Waals surface area contributed by atoms with Crippen LogP contribution in [0.1, 0.15) is 70.2 Å². The Balaban J connectivity index is 1.24. The molecule has 9 heteroatoms. The number of aliphatic hydroxyl groups excluding tert-OH is 1. The Labute approximate surface area is 304 Å². The summed E-state index contributed by atoms with van der Waals surface area (Å²) in [6, 6.07) is 18.4. The number of nitrogens with one attached hydrogen (secondary N) is 1. The van der Waals surface area contributed by atoms with Crippen molar-refractivity contribution in [3.05, 3.63) is 77.6 Å². The molecule has 2 aromatic carbocycles. The molecule has 7 rings (SSSR count). The summed E-state index contributed by atoms with van der Waals surface area (Å²) in [7, 11) is 5.83. The van der Waals surface area contributed by atoms with E-state index in [4.69, 9.17) is 15.3 Å². The van der Waals surface area contributed by atoms with E-state index in [9.17, 15) is 9.90 Å². The molecule has 0 unspecified atom stereocenters. The van der Waals surface area contributed by atoms with Crippen molar-refractivity contribution in [2.75, 3.05) is 32.6 Å². The van der Waals surface area contributed by atoms with Gasteiger partial charge in [0, 0.05) is 61.3 Å². The van der Waals surface area contributed by atoms with Crippen molar-refractivity contribution < 1.29 is 19.5 Å². The highest BCUT2D eigenvalue weighted by Gasteiger charge is 2.57. The number of amides is 1. The fraction of sp³-hybridized carbons (Fsp3) is 0.571. The van der Waals surface area contributed by atoms with Crippen LogP contribution < -0.4 is 20.7 Å². The van der Waals surface area contributed by atoms with Crippen LogP contribution in [0, 0.1) is 29.1 Å². The highest BCUT2D eigenvalue weighted by atomic mass is 16.7. The van der Waals surface area contributed by atoms with Crippen molar-refractivity contribution in [3.63, 3.8) is 0 Å². The minimum atomic E-state index is -0.778. The van der Waals surface area contributed by atoms with E-state index in [1.54, 1.807) is 19.1 Å². The van der Waals surface area contributed by atoms with E-state index in [2.05, 4.69) is 80.4 Å². The number of aryl methyl sites for hydroxylation is 2. The number of carbonyl (C=O) groups excluding carboxylic acids is 1. The van der Waals surface area contributed by atoms with Crippen molar-refractivity contribution >= 4 is 11.6 Å². The molecule has 3 aliphatic carbocycles. The van der Waals surface area contributed by atoms with Crippen LogP contribution in [-0.2, 0) is 29.0 Å². The molecule has 8 atom stereocenters. The third-order valence-corrected chi connectivity index (χ3v) is 12.4. The number of unbranched alkanes of at least 4 members (excludes halogenated alkanes) is 1. The molecule has 1 aromatic heterocycles. The Kier molecular flexibility index (Phi) is 11.4. The van der Waals surface area contributed by atoms with E-state index in [1.165, 1.54) is 12.0 Å². The lowest BCUT2D eigenvalue weighted by molar-refractivity contribution is -0.175. The van der Waals surface area contributed by atoms with Crippen molar-refractivity contribution in [2.45, 2.75) is 97.1 Å². The molecule has 0 spiro atoms. The quantitative estimate of drug-likeness (QED) is 0.176. The van der Waals surface area contributed by atoms with Gasteiger partial charge in [0.15, 0.2) is 0 Å². The Morgan fingerprint density at radius 2 is 1.92 bits per heavy atom. The van der Waals surface area contributed by atoms with E-state index in [-0.39, 0.29) is 18.5 Å². The molecule has 3 saturated carbocycles. The lowest BCUT2D eigenvalue weighted by atomic mass is 9.45. The molecule has 51 heavy (non-hydrogen) atoms. The fourth-order valence-corrected chi connectivity index (χ4v) is 9.29. The van der Waals surface area contributed by atoms with Gasteiger partial charge in [-0.3, -0.25) is 14.6 Å². The average Bonchev–Trinajstić information content (AvgIpc) is 3.49. The zero-order valence-corrected chi connectivity index (χ0v) is 31.6. The normalized spacial score (nSPS) is 27.4. The fourth-order valence-electron chi connectivity index (χ4n) is 9.29. The number of nitrogens with zero attached hydrogens (tertiary/aromatic N) is 3. The molecule has 0 radical (unpaired) electrons. The van der Waals surface area contributed by atoms with Gasteiger partial charge in [0.2, 0.25) is 5.91 Å². The second-order valence-corrected chi connectivity index (χ2v) is 16.1. The van der Waals surface area contributed by atoms with Crippen molar-refractivity contribution in [2.24, 2.45) is 34.8 Å². The molecule has 4 N–H and O–H groups in total. The van der Waals surface area contributed by atoms with Crippen LogP contribution in [0.4, 0.5) is 5.69 Å². The average molecular weight is 698 g/mol. The van der Waals surface area contributed by atoms with Gasteiger partial charge in [0.05, 0.1) is 25.9 Å². The van der Waals surface area contributed by atoms with E-state index in [0.29, 0.717) is 29.7 Å². The number of methoxy groups -OCH3 is 1. The van der Waals surface area contributed by atoms with Crippen LogP contribution >= 0.6 is 0 Å². The molecular formula is C42H59N5O4. The first-order chi connectivity index (χ1) is 24.4. The van der Waals surface area contributed by atoms with Crippen LogP contribution in [0.15, 0.2) is 60.8 Å². The number of ether oxygens (including phenoxy) is 1. The number of nitrogens with two attached hydrogens (primary N) is 1. The number of fused-ring (bicyclic) bond motifs is 2. The number of para-hydroxylation sites is 1. The van der Waals surface area contributed by atoms with E-state index in [0.717, 1.165) is 65.9 Å². The molecule has 4 aliphatic rings. The zero-order valence-electron chi connectivity index (χ0n) is 31.6. The number of hydroxylamine groups is 2. The van der Waals surface area contributed by atoms with Crippen LogP contribution in [0.2, 0.25) is 0 Å². The van der Waals surface area contributed by atoms with E-state index < -0.39 is 24.2 Å². The minimum Gasteiger partial charge on any atom is -0.496 e. The lowest BCUT2D eigenvalue weighted by Gasteiger charge is -2.62. The highest BCUT2D eigenvalue weighted by molar-refractivity contribution is 5.83. The molecule has 2 bridgehead atoms. The Morgan fingerprint density at radius 1 is 1.14 bits per heavy atom. The lowest BCUT2D eigenvalue weighted by Crippen LogP contribution is -2.62. The van der Waals surface area contributed by atoms with Crippen molar-refractivity contribution in [1.82, 2.24) is 15.4 Å². The van der Waals surface area contributed by atoms with Gasteiger partial charge in [-0.05, 0) is 104 Å². The molecule has 1 aliphatic heterocycles. The van der Waals surface area contributed by atoms with Crippen molar-refractivity contribution in [3.8, 4) is 16.9 Å². The van der Waals surface area contributed by atoms with Gasteiger partial charge < -0.3 is 25.8 Å². The van der Waals surface area contributed by atoms with Gasteiger partial charge in [0.1, 0.15) is 11.8 Å². The third kappa shape index (κ3) is 7.68. The van der Waals surface area contributed by atoms with Gasteiger partial charge >= 0.3 is 0 Å². The summed E-state index contributed by atoms with van der Waals surface area (Å²) in [6.45, 7) is 9.25. The second-order valence-electron chi connectivity index (χ2n) is 16.1. The molecule has 9 nitrogen and oxygen atoms in total. The van der Waals surface area contributed by atoms with Crippen LogP contribution in [0.5, 0.6) is 5.75 Å². The number of carbonyl (C=O) groups is 1. The smallest absolute Gasteiger partial charge is 0.240 e. The maximum absolute atomic E-state index is 14.3. The number of pyridine rings is 1. The molecule has 3 aromatic rings. The molecule has 4 fully saturated rings. The third-order valence-electron chi connectivity index (χ3n) is 12.4. The largest absolute Gasteiger partial charge is 0.496 e. The summed E-state index contributed by atoms with van der Waals surface area (Å²) in [6.07, 6.45) is 6.88. The Hall–Kier alpha value is -3.50. The molecule has 1 saturated heterocycles. The maximum Gasteiger partial charge on any atom is 0.240 e. The summed E-state index contributed by atoms with van der Waals surface area (Å²) in [5.74, 6) is 1.78. The van der Waals surface area contributed by atoms with Gasteiger partial charge in [-0.15, -0.1) is 0 Å². The first kappa shape index (κ1) is 37.3. The van der Waals surface area contributed by atoms with E-state index in [1.807, 2.05) is 30.5 Å². The molecular weight excluding hydrogens is 638 g/mol. The summed E-state index contributed by atoms with van der Waals surface area (Å²) < 4.78 is 6.15. The number of aromatic nitrogens is 1. The number of rotatable bonds is 14.